The molecule has 1 atom stereocenters. The molecule has 8 nitrogen and oxygen atoms in total. The van der Waals surface area contributed by atoms with Gasteiger partial charge in [0, 0.05) is 38.1 Å². The van der Waals surface area contributed by atoms with E-state index in [0.717, 1.165) is 25.5 Å². The molecule has 136 valence electrons. The number of aromatic nitrogens is 4. The fraction of sp³-hybridized carbons (Fsp3) is 0.588. The predicted molar refractivity (Wildman–Crippen MR) is 94.1 cm³/mol. The Hall–Kier alpha value is -2.19. The Morgan fingerprint density at radius 3 is 3.04 bits per heavy atom. The zero-order valence-electron chi connectivity index (χ0n) is 14.8. The molecule has 0 aromatic carbocycles. The van der Waals surface area contributed by atoms with Gasteiger partial charge in [0.15, 0.2) is 0 Å². The molecule has 8 heteroatoms. The third kappa shape index (κ3) is 5.14. The van der Waals surface area contributed by atoms with Gasteiger partial charge in [0.25, 0.3) is 0 Å². The summed E-state index contributed by atoms with van der Waals surface area (Å²) >= 11 is 0. The molecule has 0 aliphatic carbocycles. The van der Waals surface area contributed by atoms with E-state index in [0.29, 0.717) is 25.6 Å². The molecule has 2 aromatic heterocycles. The highest BCUT2D eigenvalue weighted by atomic mass is 16.5. The van der Waals surface area contributed by atoms with Crippen molar-refractivity contribution in [3.63, 3.8) is 0 Å². The molecule has 25 heavy (non-hydrogen) atoms. The summed E-state index contributed by atoms with van der Waals surface area (Å²) in [6.45, 7) is 8.20. The van der Waals surface area contributed by atoms with Crippen LogP contribution in [0.1, 0.15) is 13.8 Å². The van der Waals surface area contributed by atoms with Crippen LogP contribution < -0.4 is 5.32 Å². The first-order chi connectivity index (χ1) is 12.1. The molecule has 1 amide bonds. The maximum atomic E-state index is 12.4. The van der Waals surface area contributed by atoms with Crippen molar-refractivity contribution in [2.45, 2.75) is 33.0 Å². The number of rotatable bonds is 7. The maximum absolute atomic E-state index is 12.4. The number of morpholine rings is 1. The van der Waals surface area contributed by atoms with E-state index in [1.54, 1.807) is 12.4 Å². The number of carbonyl (C=O) groups excluding carboxylic acids is 1. The lowest BCUT2D eigenvalue weighted by Gasteiger charge is -2.32. The molecule has 0 radical (unpaired) electrons. The molecule has 2 aromatic rings. The molecule has 0 bridgehead atoms. The topological polar surface area (TPSA) is 77.2 Å². The molecule has 1 saturated heterocycles. The zero-order chi connectivity index (χ0) is 17.6. The van der Waals surface area contributed by atoms with Crippen molar-refractivity contribution >= 4 is 11.7 Å². The molecule has 0 unspecified atom stereocenters. The Morgan fingerprint density at radius 2 is 2.28 bits per heavy atom. The Balaban J connectivity index is 1.50. The summed E-state index contributed by atoms with van der Waals surface area (Å²) in [4.78, 5) is 14.5. The van der Waals surface area contributed by atoms with Crippen LogP contribution in [0.3, 0.4) is 0 Å². The number of amides is 1. The summed E-state index contributed by atoms with van der Waals surface area (Å²) < 4.78 is 9.48. The Labute approximate surface area is 147 Å². The van der Waals surface area contributed by atoms with Gasteiger partial charge in [-0.3, -0.25) is 14.4 Å². The molecule has 1 N–H and O–H groups in total. The smallest absolute Gasteiger partial charge is 0.239 e. The lowest BCUT2D eigenvalue weighted by molar-refractivity contribution is -0.119. The summed E-state index contributed by atoms with van der Waals surface area (Å²) in [5.41, 5.74) is 0. The largest absolute Gasteiger partial charge is 0.374 e. The SMILES string of the molecule is CC(C)Cn1nccc1NC(=O)CN1CCO[C@H](Cn2cccn2)C1. The quantitative estimate of drug-likeness (QED) is 0.812. The van der Waals surface area contributed by atoms with E-state index in [-0.39, 0.29) is 12.0 Å². The van der Waals surface area contributed by atoms with Crippen molar-refractivity contribution in [2.24, 2.45) is 5.92 Å². The molecule has 1 aliphatic heterocycles. The van der Waals surface area contributed by atoms with Crippen LogP contribution in [0.4, 0.5) is 5.82 Å². The highest BCUT2D eigenvalue weighted by Crippen LogP contribution is 2.11. The predicted octanol–water partition coefficient (Wildman–Crippen LogP) is 1.08. The lowest BCUT2D eigenvalue weighted by atomic mass is 10.2. The van der Waals surface area contributed by atoms with Crippen LogP contribution in [0.15, 0.2) is 30.7 Å². The fourth-order valence-electron chi connectivity index (χ4n) is 2.97. The molecule has 3 rings (SSSR count). The van der Waals surface area contributed by atoms with Crippen LogP contribution in [0.2, 0.25) is 0 Å². The molecule has 1 fully saturated rings. The average Bonchev–Trinajstić information content (AvgIpc) is 3.20. The van der Waals surface area contributed by atoms with Gasteiger partial charge in [0.1, 0.15) is 5.82 Å². The van der Waals surface area contributed by atoms with Crippen LogP contribution in [0.25, 0.3) is 0 Å². The Bertz CT molecular complexity index is 666. The number of hydrogen-bond acceptors (Lipinski definition) is 5. The van der Waals surface area contributed by atoms with Gasteiger partial charge in [0.2, 0.25) is 5.91 Å². The fourth-order valence-corrected chi connectivity index (χ4v) is 2.97. The number of nitrogens with one attached hydrogen (secondary N) is 1. The maximum Gasteiger partial charge on any atom is 0.239 e. The minimum atomic E-state index is -0.0229. The summed E-state index contributed by atoms with van der Waals surface area (Å²) in [6.07, 6.45) is 5.44. The van der Waals surface area contributed by atoms with Crippen LogP contribution in [-0.4, -0.2) is 62.7 Å². The van der Waals surface area contributed by atoms with Crippen LogP contribution in [-0.2, 0) is 22.6 Å². The molecule has 0 spiro atoms. The summed E-state index contributed by atoms with van der Waals surface area (Å²) in [7, 11) is 0. The number of carbonyl (C=O) groups is 1. The van der Waals surface area contributed by atoms with E-state index >= 15 is 0 Å². The normalized spacial score (nSPS) is 18.6. The van der Waals surface area contributed by atoms with Crippen LogP contribution in [0.5, 0.6) is 0 Å². The van der Waals surface area contributed by atoms with Crippen molar-refractivity contribution in [1.82, 2.24) is 24.5 Å². The van der Waals surface area contributed by atoms with Crippen LogP contribution in [0, 0.1) is 5.92 Å². The monoisotopic (exact) mass is 346 g/mol. The highest BCUT2D eigenvalue weighted by molar-refractivity contribution is 5.91. The van der Waals surface area contributed by atoms with Crippen molar-refractivity contribution < 1.29 is 9.53 Å². The van der Waals surface area contributed by atoms with Gasteiger partial charge in [0.05, 0.1) is 32.0 Å². The second-order valence-corrected chi connectivity index (χ2v) is 6.80. The second kappa shape index (κ2) is 8.26. The third-order valence-corrected chi connectivity index (χ3v) is 4.06. The van der Waals surface area contributed by atoms with Crippen molar-refractivity contribution in [3.8, 4) is 0 Å². The first kappa shape index (κ1) is 17.6. The molecular formula is C17H26N6O2. The van der Waals surface area contributed by atoms with Gasteiger partial charge < -0.3 is 10.1 Å². The van der Waals surface area contributed by atoms with Gasteiger partial charge >= 0.3 is 0 Å². The van der Waals surface area contributed by atoms with Gasteiger partial charge in [-0.05, 0) is 12.0 Å². The molecule has 3 heterocycles. The van der Waals surface area contributed by atoms with E-state index in [4.69, 9.17) is 4.74 Å². The Kier molecular flexibility index (Phi) is 5.83. The first-order valence-electron chi connectivity index (χ1n) is 8.73. The minimum Gasteiger partial charge on any atom is -0.374 e. The van der Waals surface area contributed by atoms with Crippen LogP contribution >= 0.6 is 0 Å². The minimum absolute atomic E-state index is 0.0229. The van der Waals surface area contributed by atoms with E-state index < -0.39 is 0 Å². The summed E-state index contributed by atoms with van der Waals surface area (Å²) in [5, 5.41) is 11.4. The highest BCUT2D eigenvalue weighted by Gasteiger charge is 2.23. The van der Waals surface area contributed by atoms with E-state index in [1.807, 2.05) is 27.7 Å². The van der Waals surface area contributed by atoms with E-state index in [2.05, 4.69) is 34.3 Å². The van der Waals surface area contributed by atoms with E-state index in [9.17, 15) is 4.79 Å². The van der Waals surface area contributed by atoms with Gasteiger partial charge in [-0.1, -0.05) is 13.8 Å². The average molecular weight is 346 g/mol. The number of nitrogens with zero attached hydrogens (tertiary/aromatic N) is 5. The molecule has 1 aliphatic rings. The number of anilines is 1. The number of ether oxygens (including phenoxy) is 1. The number of hydrogen-bond donors (Lipinski definition) is 1. The second-order valence-electron chi connectivity index (χ2n) is 6.80. The van der Waals surface area contributed by atoms with Crippen molar-refractivity contribution in [1.29, 1.82) is 0 Å². The van der Waals surface area contributed by atoms with Crippen molar-refractivity contribution in [3.05, 3.63) is 30.7 Å². The molecular weight excluding hydrogens is 320 g/mol. The van der Waals surface area contributed by atoms with Crippen molar-refractivity contribution in [2.75, 3.05) is 31.6 Å². The Morgan fingerprint density at radius 1 is 1.40 bits per heavy atom. The molecule has 0 saturated carbocycles. The summed E-state index contributed by atoms with van der Waals surface area (Å²) in [6, 6.07) is 3.73. The van der Waals surface area contributed by atoms with Gasteiger partial charge in [-0.25, -0.2) is 4.68 Å². The van der Waals surface area contributed by atoms with Gasteiger partial charge in [-0.2, -0.15) is 10.2 Å². The standard InChI is InChI=1S/C17H26N6O2/c1-14(2)10-23-16(4-6-19-23)20-17(24)13-21-8-9-25-15(11-21)12-22-7-3-5-18-22/h3-7,14-15H,8-13H2,1-2H3,(H,20,24)/t15-/m0/s1. The lowest BCUT2D eigenvalue weighted by Crippen LogP contribution is -2.47. The van der Waals surface area contributed by atoms with E-state index in [1.165, 1.54) is 0 Å². The summed E-state index contributed by atoms with van der Waals surface area (Å²) in [5.74, 6) is 1.20. The zero-order valence-corrected chi connectivity index (χ0v) is 14.8. The third-order valence-electron chi connectivity index (χ3n) is 4.06. The first-order valence-corrected chi connectivity index (χ1v) is 8.73. The van der Waals surface area contributed by atoms with Gasteiger partial charge in [-0.15, -0.1) is 0 Å².